The number of nitrogens with zero attached hydrogens (tertiary/aromatic N) is 4. The monoisotopic (exact) mass is 428 g/mol. The molecule has 0 radical (unpaired) electrons. The molecule has 1 amide bonds. The van der Waals surface area contributed by atoms with Gasteiger partial charge in [-0.05, 0) is 30.3 Å². The highest BCUT2D eigenvalue weighted by atomic mass is 35.5. The number of methoxy groups -OCH3 is 2. The van der Waals surface area contributed by atoms with Gasteiger partial charge in [0.25, 0.3) is 5.91 Å². The van der Waals surface area contributed by atoms with E-state index in [1.165, 1.54) is 6.20 Å². The van der Waals surface area contributed by atoms with Crippen molar-refractivity contribution in [3.05, 3.63) is 53.3 Å². The Balaban J connectivity index is 1.46. The summed E-state index contributed by atoms with van der Waals surface area (Å²) in [5.41, 5.74) is 1.87. The number of aromatic nitrogens is 3. The van der Waals surface area contributed by atoms with Gasteiger partial charge in [-0.15, -0.1) is 0 Å². The van der Waals surface area contributed by atoms with Crippen LogP contribution in [0.3, 0.4) is 0 Å². The molecule has 156 valence electrons. The van der Waals surface area contributed by atoms with Gasteiger partial charge >= 0.3 is 0 Å². The first-order chi connectivity index (χ1) is 14.5. The van der Waals surface area contributed by atoms with Crippen LogP contribution >= 0.6 is 11.6 Å². The Kier molecular flexibility index (Phi) is 5.50. The average molecular weight is 429 g/mol. The summed E-state index contributed by atoms with van der Waals surface area (Å²) in [4.78, 5) is 18.8. The number of ether oxygens (including phenoxy) is 3. The molecule has 1 fully saturated rings. The number of pyridine rings is 1. The maximum Gasteiger partial charge on any atom is 0.272 e. The summed E-state index contributed by atoms with van der Waals surface area (Å²) < 4.78 is 18.1. The number of hydrogen-bond donors (Lipinski definition) is 0. The van der Waals surface area contributed by atoms with Crippen molar-refractivity contribution in [2.75, 3.05) is 27.3 Å². The topological polar surface area (TPSA) is 78.7 Å². The first-order valence-electron chi connectivity index (χ1n) is 9.32. The van der Waals surface area contributed by atoms with Crippen LogP contribution in [0.4, 0.5) is 0 Å². The lowest BCUT2D eigenvalue weighted by Crippen LogP contribution is -2.56. The van der Waals surface area contributed by atoms with Crippen LogP contribution in [0.1, 0.15) is 10.5 Å². The van der Waals surface area contributed by atoms with Crippen LogP contribution in [0, 0.1) is 0 Å². The van der Waals surface area contributed by atoms with Crippen LogP contribution in [0.2, 0.25) is 5.02 Å². The van der Waals surface area contributed by atoms with Crippen LogP contribution in [0.5, 0.6) is 17.4 Å². The second-order valence-electron chi connectivity index (χ2n) is 6.87. The van der Waals surface area contributed by atoms with Crippen LogP contribution in [0.25, 0.3) is 11.3 Å². The van der Waals surface area contributed by atoms with Crippen molar-refractivity contribution in [2.45, 2.75) is 6.10 Å². The molecule has 3 aromatic rings. The number of likely N-dealkylation sites (tertiary alicyclic amines) is 1. The Morgan fingerprint density at radius 2 is 1.93 bits per heavy atom. The number of hydrogen-bond acceptors (Lipinski definition) is 6. The van der Waals surface area contributed by atoms with E-state index < -0.39 is 0 Å². The molecule has 30 heavy (non-hydrogen) atoms. The summed E-state index contributed by atoms with van der Waals surface area (Å²) in [5.74, 6) is 1.72. The largest absolute Gasteiger partial charge is 0.497 e. The Hall–Kier alpha value is -3.26. The highest BCUT2D eigenvalue weighted by molar-refractivity contribution is 6.30. The molecule has 8 nitrogen and oxygen atoms in total. The van der Waals surface area contributed by atoms with Crippen molar-refractivity contribution < 1.29 is 19.0 Å². The minimum Gasteiger partial charge on any atom is -0.497 e. The molecule has 1 saturated heterocycles. The number of rotatable bonds is 6. The molecule has 0 bridgehead atoms. The zero-order valence-electron chi connectivity index (χ0n) is 16.8. The molecule has 0 aliphatic carbocycles. The fourth-order valence-corrected chi connectivity index (χ4v) is 3.37. The van der Waals surface area contributed by atoms with E-state index >= 15 is 0 Å². The molecule has 9 heteroatoms. The molecule has 1 aliphatic rings. The van der Waals surface area contributed by atoms with E-state index in [1.54, 1.807) is 49.0 Å². The van der Waals surface area contributed by atoms with E-state index in [9.17, 15) is 4.79 Å². The van der Waals surface area contributed by atoms with Crippen molar-refractivity contribution in [1.82, 2.24) is 19.7 Å². The van der Waals surface area contributed by atoms with Gasteiger partial charge in [-0.3, -0.25) is 9.48 Å². The van der Waals surface area contributed by atoms with E-state index in [2.05, 4.69) is 10.1 Å². The zero-order valence-corrected chi connectivity index (χ0v) is 17.6. The van der Waals surface area contributed by atoms with Gasteiger partial charge < -0.3 is 19.1 Å². The number of carbonyl (C=O) groups is 1. The third-order valence-electron chi connectivity index (χ3n) is 4.90. The summed E-state index contributed by atoms with van der Waals surface area (Å²) in [6.45, 7) is 0.957. The highest BCUT2D eigenvalue weighted by Gasteiger charge is 2.34. The van der Waals surface area contributed by atoms with Gasteiger partial charge in [0.15, 0.2) is 0 Å². The lowest BCUT2D eigenvalue weighted by molar-refractivity contribution is 0.0152. The molecule has 1 aliphatic heterocycles. The van der Waals surface area contributed by atoms with E-state index in [4.69, 9.17) is 25.8 Å². The summed E-state index contributed by atoms with van der Waals surface area (Å²) in [6, 6.07) is 10.6. The minimum atomic E-state index is -0.109. The number of amides is 1. The van der Waals surface area contributed by atoms with Gasteiger partial charge in [0, 0.05) is 24.9 Å². The van der Waals surface area contributed by atoms with Crippen molar-refractivity contribution in [1.29, 1.82) is 0 Å². The smallest absolute Gasteiger partial charge is 0.272 e. The van der Waals surface area contributed by atoms with Gasteiger partial charge in [0.1, 0.15) is 23.3 Å². The standard InChI is InChI=1S/C21H21ClN4O4/c1-25-18(9-17(24-25)16-8-14(28-2)5-6-19(16)29-3)21(27)26-11-15(12-26)30-20-7-4-13(22)10-23-20/h4-10,15H,11-12H2,1-3H3. The predicted octanol–water partition coefficient (Wildman–Crippen LogP) is 3.06. The molecule has 0 unspecified atom stereocenters. The van der Waals surface area contributed by atoms with E-state index in [1.807, 2.05) is 18.2 Å². The fourth-order valence-electron chi connectivity index (χ4n) is 3.26. The Morgan fingerprint density at radius 3 is 2.60 bits per heavy atom. The fraction of sp³-hybridized carbons (Fsp3) is 0.286. The van der Waals surface area contributed by atoms with Gasteiger partial charge in [0.05, 0.1) is 38.0 Å². The number of halogens is 1. The molecule has 3 heterocycles. The minimum absolute atomic E-state index is 0.103. The summed E-state index contributed by atoms with van der Waals surface area (Å²) >= 11 is 5.83. The van der Waals surface area contributed by atoms with Gasteiger partial charge in [0.2, 0.25) is 5.88 Å². The molecule has 0 atom stereocenters. The van der Waals surface area contributed by atoms with Crippen LogP contribution in [-0.4, -0.2) is 59.0 Å². The van der Waals surface area contributed by atoms with E-state index in [0.29, 0.717) is 46.9 Å². The van der Waals surface area contributed by atoms with Crippen LogP contribution < -0.4 is 14.2 Å². The van der Waals surface area contributed by atoms with Crippen molar-refractivity contribution in [3.63, 3.8) is 0 Å². The summed E-state index contributed by atoms with van der Waals surface area (Å²) in [5, 5.41) is 5.05. The molecule has 1 aromatic carbocycles. The van der Waals surface area contributed by atoms with Crippen molar-refractivity contribution in [3.8, 4) is 28.6 Å². The normalized spacial score (nSPS) is 13.7. The molecule has 2 aromatic heterocycles. The van der Waals surface area contributed by atoms with Gasteiger partial charge in [-0.25, -0.2) is 4.98 Å². The first kappa shape index (κ1) is 20.0. The predicted molar refractivity (Wildman–Crippen MR) is 111 cm³/mol. The number of aryl methyl sites for hydroxylation is 1. The van der Waals surface area contributed by atoms with Gasteiger partial charge in [-0.2, -0.15) is 5.10 Å². The Morgan fingerprint density at radius 1 is 1.13 bits per heavy atom. The lowest BCUT2D eigenvalue weighted by atomic mass is 10.1. The third-order valence-corrected chi connectivity index (χ3v) is 5.13. The van der Waals surface area contributed by atoms with E-state index in [0.717, 1.165) is 5.56 Å². The average Bonchev–Trinajstić information content (AvgIpc) is 3.12. The molecular weight excluding hydrogens is 408 g/mol. The maximum atomic E-state index is 12.9. The Labute approximate surface area is 178 Å². The highest BCUT2D eigenvalue weighted by Crippen LogP contribution is 2.33. The third kappa shape index (κ3) is 3.91. The van der Waals surface area contributed by atoms with Gasteiger partial charge in [-0.1, -0.05) is 11.6 Å². The summed E-state index contributed by atoms with van der Waals surface area (Å²) in [6.07, 6.45) is 1.43. The zero-order chi connectivity index (χ0) is 21.3. The van der Waals surface area contributed by atoms with Crippen LogP contribution in [0.15, 0.2) is 42.6 Å². The number of benzene rings is 1. The lowest BCUT2D eigenvalue weighted by Gasteiger charge is -2.38. The Bertz CT molecular complexity index is 1060. The second-order valence-corrected chi connectivity index (χ2v) is 7.31. The summed E-state index contributed by atoms with van der Waals surface area (Å²) in [7, 11) is 4.94. The quantitative estimate of drug-likeness (QED) is 0.600. The SMILES string of the molecule is COc1ccc(OC)c(-c2cc(C(=O)N3CC(Oc4ccc(Cl)cn4)C3)n(C)n2)c1. The molecule has 0 saturated carbocycles. The first-order valence-corrected chi connectivity index (χ1v) is 9.70. The van der Waals surface area contributed by atoms with Crippen molar-refractivity contribution >= 4 is 17.5 Å². The van der Waals surface area contributed by atoms with E-state index in [-0.39, 0.29) is 12.0 Å². The maximum absolute atomic E-state index is 12.9. The molecule has 0 spiro atoms. The molecular formula is C21H21ClN4O4. The second kappa shape index (κ2) is 8.23. The van der Waals surface area contributed by atoms with Crippen LogP contribution in [-0.2, 0) is 7.05 Å². The molecule has 0 N–H and O–H groups in total. The van der Waals surface area contributed by atoms with Crippen molar-refractivity contribution in [2.24, 2.45) is 7.05 Å². The number of carbonyl (C=O) groups excluding carboxylic acids is 1. The molecule has 4 rings (SSSR count).